The summed E-state index contributed by atoms with van der Waals surface area (Å²) in [5.74, 6) is 0.603. The second-order valence-corrected chi connectivity index (χ2v) is 8.53. The van der Waals surface area contributed by atoms with E-state index >= 15 is 0 Å². The summed E-state index contributed by atoms with van der Waals surface area (Å²) in [6, 6.07) is 21.3. The first kappa shape index (κ1) is 21.3. The van der Waals surface area contributed by atoms with Crippen LogP contribution in [0.4, 0.5) is 10.3 Å². The number of likely N-dealkylation sites (tertiary alicyclic amines) is 1. The van der Waals surface area contributed by atoms with Gasteiger partial charge < -0.3 is 5.32 Å². The molecule has 1 N–H and O–H groups in total. The lowest BCUT2D eigenvalue weighted by Crippen LogP contribution is -2.39. The number of hydrogen-bond acceptors (Lipinski definition) is 4. The molecule has 2 aromatic carbocycles. The molecule has 4 aromatic rings. The topological polar surface area (TPSA) is 46.0 Å². The average Bonchev–Trinajstić information content (AvgIpc) is 3.19. The summed E-state index contributed by atoms with van der Waals surface area (Å²) in [7, 11) is 0. The van der Waals surface area contributed by atoms with Crippen molar-refractivity contribution in [2.45, 2.75) is 25.4 Å². The number of rotatable bonds is 7. The predicted octanol–water partition coefficient (Wildman–Crippen LogP) is 5.21. The number of nitrogens with zero attached hydrogens (tertiary/aromatic N) is 4. The summed E-state index contributed by atoms with van der Waals surface area (Å²) in [6.07, 6.45) is 8.35. The van der Waals surface area contributed by atoms with Gasteiger partial charge in [0.25, 0.3) is 0 Å². The molecule has 6 heteroatoms. The first-order chi connectivity index (χ1) is 16.2. The van der Waals surface area contributed by atoms with Gasteiger partial charge in [-0.2, -0.15) is 0 Å². The second kappa shape index (κ2) is 9.96. The van der Waals surface area contributed by atoms with Crippen LogP contribution in [0.3, 0.4) is 0 Å². The van der Waals surface area contributed by atoms with Gasteiger partial charge in [0.15, 0.2) is 5.65 Å². The zero-order valence-electron chi connectivity index (χ0n) is 18.6. The molecule has 5 rings (SSSR count). The number of aromatic nitrogens is 3. The van der Waals surface area contributed by atoms with E-state index in [4.69, 9.17) is 4.98 Å². The van der Waals surface area contributed by atoms with Gasteiger partial charge in [-0.15, -0.1) is 0 Å². The van der Waals surface area contributed by atoms with Crippen molar-refractivity contribution < 1.29 is 4.39 Å². The summed E-state index contributed by atoms with van der Waals surface area (Å²) in [6.45, 7) is 3.66. The van der Waals surface area contributed by atoms with Crippen molar-refractivity contribution in [3.8, 4) is 0 Å². The van der Waals surface area contributed by atoms with Crippen LogP contribution >= 0.6 is 0 Å². The van der Waals surface area contributed by atoms with Gasteiger partial charge in [0.1, 0.15) is 11.3 Å². The van der Waals surface area contributed by atoms with Crippen LogP contribution in [0.25, 0.3) is 17.2 Å². The van der Waals surface area contributed by atoms with Gasteiger partial charge in [0.05, 0.1) is 6.54 Å². The zero-order valence-corrected chi connectivity index (χ0v) is 18.6. The first-order valence-corrected chi connectivity index (χ1v) is 11.5. The number of anilines is 1. The SMILES string of the molecule is Fc1ccc(Cn2c(NC3CCN(C/C=C/c4ccccc4)CC3)nc3cccnc32)cc1. The van der Waals surface area contributed by atoms with Crippen LogP contribution in [0, 0.1) is 5.82 Å². The third-order valence-electron chi connectivity index (χ3n) is 6.15. The number of hydrogen-bond donors (Lipinski definition) is 1. The van der Waals surface area contributed by atoms with Gasteiger partial charge in [-0.3, -0.25) is 9.47 Å². The smallest absolute Gasteiger partial charge is 0.205 e. The van der Waals surface area contributed by atoms with Crippen molar-refractivity contribution in [1.29, 1.82) is 0 Å². The Balaban J connectivity index is 1.23. The fraction of sp³-hybridized carbons (Fsp3) is 0.259. The molecule has 0 saturated carbocycles. The number of halogens is 1. The van der Waals surface area contributed by atoms with E-state index in [1.807, 2.05) is 30.3 Å². The van der Waals surface area contributed by atoms with E-state index in [-0.39, 0.29) is 5.82 Å². The fourth-order valence-electron chi connectivity index (χ4n) is 4.34. The third kappa shape index (κ3) is 5.29. The van der Waals surface area contributed by atoms with E-state index in [1.165, 1.54) is 17.7 Å². The minimum Gasteiger partial charge on any atom is -0.353 e. The number of pyridine rings is 1. The van der Waals surface area contributed by atoms with Crippen LogP contribution in [0.2, 0.25) is 0 Å². The van der Waals surface area contributed by atoms with E-state index in [1.54, 1.807) is 6.20 Å². The molecule has 1 fully saturated rings. The Kier molecular flexibility index (Phi) is 6.44. The van der Waals surface area contributed by atoms with Gasteiger partial charge in [-0.05, 0) is 48.2 Å². The van der Waals surface area contributed by atoms with E-state index < -0.39 is 0 Å². The van der Waals surface area contributed by atoms with E-state index in [9.17, 15) is 4.39 Å². The van der Waals surface area contributed by atoms with Gasteiger partial charge in [-0.25, -0.2) is 14.4 Å². The van der Waals surface area contributed by atoms with Crippen LogP contribution in [0.15, 0.2) is 79.0 Å². The van der Waals surface area contributed by atoms with Crippen molar-refractivity contribution >= 4 is 23.2 Å². The maximum absolute atomic E-state index is 13.4. The molecule has 1 aliphatic rings. The van der Waals surface area contributed by atoms with Crippen molar-refractivity contribution in [2.75, 3.05) is 25.0 Å². The zero-order chi connectivity index (χ0) is 22.5. The number of nitrogens with one attached hydrogen (secondary N) is 1. The standard InChI is InChI=1S/C27H28FN5/c28-23-12-10-22(11-13-23)20-33-26-25(9-4-16-29-26)31-27(33)30-24-14-18-32(19-15-24)17-5-8-21-6-2-1-3-7-21/h1-13,16,24H,14-15,17-20H2,(H,30,31)/b8-5+. The monoisotopic (exact) mass is 441 g/mol. The Morgan fingerprint density at radius 2 is 1.76 bits per heavy atom. The lowest BCUT2D eigenvalue weighted by molar-refractivity contribution is 0.240. The second-order valence-electron chi connectivity index (χ2n) is 8.53. The number of imidazole rings is 1. The van der Waals surface area contributed by atoms with Gasteiger partial charge in [0, 0.05) is 31.9 Å². The molecule has 0 aliphatic carbocycles. The Bertz CT molecular complexity index is 1210. The normalized spacial score (nSPS) is 15.4. The summed E-state index contributed by atoms with van der Waals surface area (Å²) in [5, 5.41) is 3.67. The van der Waals surface area contributed by atoms with Gasteiger partial charge >= 0.3 is 0 Å². The minimum absolute atomic E-state index is 0.226. The average molecular weight is 442 g/mol. The molecular weight excluding hydrogens is 413 g/mol. The lowest BCUT2D eigenvalue weighted by atomic mass is 10.1. The highest BCUT2D eigenvalue weighted by atomic mass is 19.1. The fourth-order valence-corrected chi connectivity index (χ4v) is 4.34. The summed E-state index contributed by atoms with van der Waals surface area (Å²) >= 11 is 0. The van der Waals surface area contributed by atoms with Gasteiger partial charge in [0.2, 0.25) is 5.95 Å². The number of fused-ring (bicyclic) bond motifs is 1. The van der Waals surface area contributed by atoms with E-state index in [2.05, 4.69) is 56.2 Å². The Morgan fingerprint density at radius 3 is 2.55 bits per heavy atom. The molecule has 0 spiro atoms. The van der Waals surface area contributed by atoms with Crippen molar-refractivity contribution in [2.24, 2.45) is 0 Å². The Morgan fingerprint density at radius 1 is 0.970 bits per heavy atom. The molecule has 33 heavy (non-hydrogen) atoms. The quantitative estimate of drug-likeness (QED) is 0.428. The molecule has 168 valence electrons. The predicted molar refractivity (Wildman–Crippen MR) is 132 cm³/mol. The van der Waals surface area contributed by atoms with Crippen LogP contribution in [0.5, 0.6) is 0 Å². The molecular formula is C27H28FN5. The molecule has 1 aliphatic heterocycles. The van der Waals surface area contributed by atoms with E-state index in [0.717, 1.165) is 55.2 Å². The van der Waals surface area contributed by atoms with Crippen LogP contribution < -0.4 is 5.32 Å². The molecule has 5 nitrogen and oxygen atoms in total. The number of piperidine rings is 1. The highest BCUT2D eigenvalue weighted by Gasteiger charge is 2.21. The summed E-state index contributed by atoms with van der Waals surface area (Å²) in [4.78, 5) is 11.8. The molecule has 0 unspecified atom stereocenters. The minimum atomic E-state index is -0.226. The lowest BCUT2D eigenvalue weighted by Gasteiger charge is -2.32. The van der Waals surface area contributed by atoms with E-state index in [0.29, 0.717) is 12.6 Å². The Hall–Kier alpha value is -3.51. The van der Waals surface area contributed by atoms with Crippen molar-refractivity contribution in [3.63, 3.8) is 0 Å². The summed E-state index contributed by atoms with van der Waals surface area (Å²) in [5.41, 5.74) is 3.96. The molecule has 0 radical (unpaired) electrons. The molecule has 0 atom stereocenters. The molecule has 3 heterocycles. The molecule has 0 bridgehead atoms. The molecule has 0 amide bonds. The Labute approximate surface area is 193 Å². The van der Waals surface area contributed by atoms with Crippen LogP contribution in [0.1, 0.15) is 24.0 Å². The maximum Gasteiger partial charge on any atom is 0.205 e. The van der Waals surface area contributed by atoms with Crippen LogP contribution in [-0.4, -0.2) is 45.1 Å². The molecule has 1 saturated heterocycles. The molecule has 2 aromatic heterocycles. The number of benzene rings is 2. The highest BCUT2D eigenvalue weighted by Crippen LogP contribution is 2.22. The first-order valence-electron chi connectivity index (χ1n) is 11.5. The van der Waals surface area contributed by atoms with Gasteiger partial charge in [-0.1, -0.05) is 54.6 Å². The van der Waals surface area contributed by atoms with Crippen molar-refractivity contribution in [3.05, 3.63) is 95.9 Å². The highest BCUT2D eigenvalue weighted by molar-refractivity contribution is 5.74. The van der Waals surface area contributed by atoms with Crippen molar-refractivity contribution in [1.82, 2.24) is 19.4 Å². The van der Waals surface area contributed by atoms with Crippen LogP contribution in [-0.2, 0) is 6.54 Å². The maximum atomic E-state index is 13.4. The largest absolute Gasteiger partial charge is 0.353 e. The third-order valence-corrected chi connectivity index (χ3v) is 6.15. The summed E-state index contributed by atoms with van der Waals surface area (Å²) < 4.78 is 15.4.